The van der Waals surface area contributed by atoms with Crippen LogP contribution >= 0.6 is 0 Å². The van der Waals surface area contributed by atoms with Crippen LogP contribution in [0.15, 0.2) is 48.5 Å². The van der Waals surface area contributed by atoms with Crippen LogP contribution in [-0.2, 0) is 16.1 Å². The highest BCUT2D eigenvalue weighted by molar-refractivity contribution is 5.94. The number of carbonyl (C=O) groups is 3. The van der Waals surface area contributed by atoms with Crippen molar-refractivity contribution in [3.8, 4) is 5.75 Å². The van der Waals surface area contributed by atoms with Crippen LogP contribution < -0.4 is 4.74 Å². The molecule has 0 heterocycles. The van der Waals surface area contributed by atoms with E-state index in [0.29, 0.717) is 23.3 Å². The smallest absolute Gasteiger partial charge is 0.323 e. The molecule has 7 heteroatoms. The third-order valence-electron chi connectivity index (χ3n) is 4.03. The monoisotopic (exact) mass is 387 g/mol. The molecule has 0 saturated carbocycles. The first kappa shape index (κ1) is 21.1. The number of rotatable bonds is 10. The lowest BCUT2D eigenvalue weighted by atomic mass is 10.1. The molecule has 0 spiro atoms. The Balaban J connectivity index is 1.84. The van der Waals surface area contributed by atoms with Crippen LogP contribution in [0, 0.1) is 5.82 Å². The Morgan fingerprint density at radius 3 is 2.25 bits per heavy atom. The van der Waals surface area contributed by atoms with Crippen LogP contribution in [0.1, 0.15) is 35.7 Å². The highest BCUT2D eigenvalue weighted by Gasteiger charge is 2.17. The van der Waals surface area contributed by atoms with Gasteiger partial charge in [-0.05, 0) is 55.3 Å². The summed E-state index contributed by atoms with van der Waals surface area (Å²) in [4.78, 5) is 35.9. The molecule has 0 aliphatic heterocycles. The van der Waals surface area contributed by atoms with Gasteiger partial charge in [0.1, 0.15) is 18.1 Å². The second-order valence-electron chi connectivity index (χ2n) is 6.30. The molecule has 2 aromatic rings. The number of aliphatic carboxylic acids is 1. The molecule has 0 aliphatic carbocycles. The highest BCUT2D eigenvalue weighted by atomic mass is 19.1. The van der Waals surface area contributed by atoms with E-state index in [4.69, 9.17) is 9.84 Å². The minimum absolute atomic E-state index is 0.0307. The first-order chi connectivity index (χ1) is 13.3. The first-order valence-electron chi connectivity index (χ1n) is 8.83. The topological polar surface area (TPSA) is 83.9 Å². The van der Waals surface area contributed by atoms with E-state index in [1.807, 2.05) is 0 Å². The van der Waals surface area contributed by atoms with Gasteiger partial charge in [0.05, 0.1) is 6.61 Å². The van der Waals surface area contributed by atoms with Crippen molar-refractivity contribution in [2.45, 2.75) is 26.3 Å². The fourth-order valence-electron chi connectivity index (χ4n) is 2.56. The van der Waals surface area contributed by atoms with Gasteiger partial charge >= 0.3 is 5.97 Å². The van der Waals surface area contributed by atoms with Gasteiger partial charge in [-0.25, -0.2) is 4.39 Å². The highest BCUT2D eigenvalue weighted by Crippen LogP contribution is 2.14. The van der Waals surface area contributed by atoms with Gasteiger partial charge in [0.15, 0.2) is 5.78 Å². The average Bonchev–Trinajstić information content (AvgIpc) is 2.66. The Kier molecular flexibility index (Phi) is 7.68. The number of hydrogen-bond donors (Lipinski definition) is 1. The third-order valence-corrected chi connectivity index (χ3v) is 4.03. The number of halogens is 1. The number of carbonyl (C=O) groups excluding carboxylic acids is 2. The Hall–Kier alpha value is -3.22. The molecule has 6 nitrogen and oxygen atoms in total. The minimum atomic E-state index is -1.11. The van der Waals surface area contributed by atoms with Gasteiger partial charge < -0.3 is 14.7 Å². The summed E-state index contributed by atoms with van der Waals surface area (Å²) in [5.41, 5.74) is 1.24. The zero-order chi connectivity index (χ0) is 20.5. The van der Waals surface area contributed by atoms with Gasteiger partial charge in [-0.1, -0.05) is 12.1 Å². The summed E-state index contributed by atoms with van der Waals surface area (Å²) >= 11 is 0. The molecule has 0 atom stereocenters. The Bertz CT molecular complexity index is 818. The largest absolute Gasteiger partial charge is 0.494 e. The lowest BCUT2D eigenvalue weighted by Gasteiger charge is -2.21. The first-order valence-corrected chi connectivity index (χ1v) is 8.83. The maximum Gasteiger partial charge on any atom is 0.323 e. The number of ketones is 1. The second kappa shape index (κ2) is 10.2. The van der Waals surface area contributed by atoms with Crippen molar-refractivity contribution in [2.24, 2.45) is 0 Å². The summed E-state index contributed by atoms with van der Waals surface area (Å²) < 4.78 is 18.5. The summed E-state index contributed by atoms with van der Waals surface area (Å²) in [5, 5.41) is 9.03. The lowest BCUT2D eigenvalue weighted by molar-refractivity contribution is -0.145. The summed E-state index contributed by atoms with van der Waals surface area (Å²) in [7, 11) is 0. The zero-order valence-corrected chi connectivity index (χ0v) is 15.6. The van der Waals surface area contributed by atoms with E-state index >= 15 is 0 Å². The van der Waals surface area contributed by atoms with E-state index in [-0.39, 0.29) is 31.3 Å². The molecule has 0 fully saturated rings. The van der Waals surface area contributed by atoms with Gasteiger partial charge in [0.25, 0.3) is 0 Å². The van der Waals surface area contributed by atoms with Crippen molar-refractivity contribution in [2.75, 3.05) is 13.2 Å². The molecule has 148 valence electrons. The number of hydrogen-bond acceptors (Lipinski definition) is 4. The molecule has 0 aliphatic rings. The Morgan fingerprint density at radius 2 is 1.68 bits per heavy atom. The zero-order valence-electron chi connectivity index (χ0n) is 15.6. The van der Waals surface area contributed by atoms with E-state index < -0.39 is 18.3 Å². The average molecular weight is 387 g/mol. The maximum absolute atomic E-state index is 13.0. The van der Waals surface area contributed by atoms with E-state index in [1.54, 1.807) is 24.3 Å². The van der Waals surface area contributed by atoms with Crippen molar-refractivity contribution < 1.29 is 28.6 Å². The van der Waals surface area contributed by atoms with Gasteiger partial charge in [-0.3, -0.25) is 14.4 Å². The summed E-state index contributed by atoms with van der Waals surface area (Å²) in [6, 6.07) is 12.3. The molecule has 2 rings (SSSR count). The molecule has 1 N–H and O–H groups in total. The number of carboxylic acids is 1. The van der Waals surface area contributed by atoms with Crippen LogP contribution in [-0.4, -0.2) is 40.8 Å². The summed E-state index contributed by atoms with van der Waals surface area (Å²) in [6.45, 7) is 1.43. The quantitative estimate of drug-likeness (QED) is 0.500. The number of ether oxygens (including phenoxy) is 1. The minimum Gasteiger partial charge on any atom is -0.494 e. The van der Waals surface area contributed by atoms with E-state index in [0.717, 1.165) is 0 Å². The summed E-state index contributed by atoms with van der Waals surface area (Å²) in [5.74, 6) is -1.27. The molecular formula is C21H22FNO5. The van der Waals surface area contributed by atoms with Gasteiger partial charge in [-0.2, -0.15) is 0 Å². The second-order valence-corrected chi connectivity index (χ2v) is 6.30. The van der Waals surface area contributed by atoms with Gasteiger partial charge in [-0.15, -0.1) is 0 Å². The van der Waals surface area contributed by atoms with Crippen molar-refractivity contribution >= 4 is 17.7 Å². The predicted octanol–water partition coefficient (Wildman–Crippen LogP) is 3.30. The predicted molar refractivity (Wildman–Crippen MR) is 101 cm³/mol. The van der Waals surface area contributed by atoms with Gasteiger partial charge in [0, 0.05) is 18.5 Å². The standard InChI is InChI=1S/C21H22FNO5/c1-15(24)17-6-10-19(11-7-17)28-12-2-3-20(25)23(14-21(26)27)13-16-4-8-18(22)9-5-16/h4-11H,2-3,12-14H2,1H3,(H,26,27). The number of carboxylic acid groups (broad SMARTS) is 1. The van der Waals surface area contributed by atoms with Crippen LogP contribution in [0.5, 0.6) is 5.75 Å². The molecular weight excluding hydrogens is 365 g/mol. The molecule has 0 unspecified atom stereocenters. The Morgan fingerprint density at radius 1 is 1.04 bits per heavy atom. The van der Waals surface area contributed by atoms with Gasteiger partial charge in [0.2, 0.25) is 5.91 Å². The number of amides is 1. The molecule has 1 amide bonds. The lowest BCUT2D eigenvalue weighted by Crippen LogP contribution is -2.35. The fraction of sp³-hybridized carbons (Fsp3) is 0.286. The molecule has 0 radical (unpaired) electrons. The van der Waals surface area contributed by atoms with E-state index in [2.05, 4.69) is 0 Å². The number of nitrogens with zero attached hydrogens (tertiary/aromatic N) is 1. The summed E-state index contributed by atoms with van der Waals surface area (Å²) in [6.07, 6.45) is 0.535. The van der Waals surface area contributed by atoms with E-state index in [9.17, 15) is 18.8 Å². The maximum atomic E-state index is 13.0. The van der Waals surface area contributed by atoms with Crippen LogP contribution in [0.25, 0.3) is 0 Å². The number of benzene rings is 2. The van der Waals surface area contributed by atoms with Crippen LogP contribution in [0.2, 0.25) is 0 Å². The molecule has 28 heavy (non-hydrogen) atoms. The number of Topliss-reactive ketones (excluding diaryl/α,β-unsaturated/α-hetero) is 1. The third kappa shape index (κ3) is 6.83. The van der Waals surface area contributed by atoms with Crippen molar-refractivity contribution in [1.82, 2.24) is 4.90 Å². The van der Waals surface area contributed by atoms with Crippen LogP contribution in [0.3, 0.4) is 0 Å². The molecule has 2 aromatic carbocycles. The molecule has 0 saturated heterocycles. The molecule has 0 bridgehead atoms. The molecule has 0 aromatic heterocycles. The van der Waals surface area contributed by atoms with Crippen LogP contribution in [0.4, 0.5) is 4.39 Å². The van der Waals surface area contributed by atoms with E-state index in [1.165, 1.54) is 36.1 Å². The fourth-order valence-corrected chi connectivity index (χ4v) is 2.56. The van der Waals surface area contributed by atoms with Crippen molar-refractivity contribution in [1.29, 1.82) is 0 Å². The van der Waals surface area contributed by atoms with Crippen molar-refractivity contribution in [3.63, 3.8) is 0 Å². The van der Waals surface area contributed by atoms with Crippen molar-refractivity contribution in [3.05, 3.63) is 65.5 Å². The Labute approximate surface area is 162 Å². The normalized spacial score (nSPS) is 10.4. The SMILES string of the molecule is CC(=O)c1ccc(OCCCC(=O)N(CC(=O)O)Cc2ccc(F)cc2)cc1.